The second kappa shape index (κ2) is 8.33. The Hall–Kier alpha value is -3.03. The molecule has 1 heterocycles. The highest BCUT2D eigenvalue weighted by Gasteiger charge is 2.31. The number of hydrazine groups is 1. The van der Waals surface area contributed by atoms with Crippen LogP contribution in [0.4, 0.5) is 5.69 Å². The van der Waals surface area contributed by atoms with Gasteiger partial charge in [0, 0.05) is 18.2 Å². The van der Waals surface area contributed by atoms with Crippen LogP contribution in [0.25, 0.3) is 0 Å². The highest BCUT2D eigenvalue weighted by atomic mass is 16.4. The van der Waals surface area contributed by atoms with Gasteiger partial charge in [-0.15, -0.1) is 0 Å². The molecule has 1 aliphatic heterocycles. The molecule has 0 spiro atoms. The summed E-state index contributed by atoms with van der Waals surface area (Å²) in [5.74, 6) is -1.44. The number of benzene rings is 2. The number of benzodiazepines with no additional fused rings is 1. The highest BCUT2D eigenvalue weighted by molar-refractivity contribution is 6.19. The Morgan fingerprint density at radius 1 is 1.11 bits per heavy atom. The van der Waals surface area contributed by atoms with E-state index in [0.29, 0.717) is 5.71 Å². The quantitative estimate of drug-likeness (QED) is 0.667. The zero-order valence-electron chi connectivity index (χ0n) is 16.1. The van der Waals surface area contributed by atoms with E-state index in [-0.39, 0.29) is 11.8 Å². The van der Waals surface area contributed by atoms with Crippen molar-refractivity contribution in [3.05, 3.63) is 65.7 Å². The molecule has 1 amide bonds. The average molecular weight is 380 g/mol. The first-order valence-corrected chi connectivity index (χ1v) is 9.14. The van der Waals surface area contributed by atoms with Gasteiger partial charge in [-0.2, -0.15) is 0 Å². The molecule has 0 saturated heterocycles. The minimum absolute atomic E-state index is 0.168. The van der Waals surface area contributed by atoms with Crippen molar-refractivity contribution in [2.75, 3.05) is 11.9 Å². The molecule has 0 radical (unpaired) electrons. The number of hydrogen-bond acceptors (Lipinski definition) is 5. The summed E-state index contributed by atoms with van der Waals surface area (Å²) < 4.78 is 0. The smallest absolute Gasteiger partial charge is 0.322 e. The van der Waals surface area contributed by atoms with Crippen LogP contribution in [0.2, 0.25) is 0 Å². The summed E-state index contributed by atoms with van der Waals surface area (Å²) in [7, 11) is 1.69. The van der Waals surface area contributed by atoms with E-state index < -0.39 is 18.2 Å². The minimum Gasteiger partial charge on any atom is -0.480 e. The van der Waals surface area contributed by atoms with E-state index in [4.69, 9.17) is 0 Å². The number of nitrogens with one attached hydrogen (secondary N) is 2. The molecule has 7 nitrogen and oxygen atoms in total. The summed E-state index contributed by atoms with van der Waals surface area (Å²) in [6.45, 7) is 3.59. The summed E-state index contributed by atoms with van der Waals surface area (Å²) in [5, 5.41) is 9.38. The molecule has 2 aromatic rings. The molecule has 1 unspecified atom stereocenters. The van der Waals surface area contributed by atoms with Gasteiger partial charge in [0.15, 0.2) is 6.17 Å². The molecule has 28 heavy (non-hydrogen) atoms. The third-order valence-electron chi connectivity index (χ3n) is 4.70. The fourth-order valence-electron chi connectivity index (χ4n) is 3.12. The Bertz CT molecular complexity index is 896. The van der Waals surface area contributed by atoms with Crippen LogP contribution in [-0.2, 0) is 9.59 Å². The van der Waals surface area contributed by atoms with Crippen molar-refractivity contribution in [3.63, 3.8) is 0 Å². The van der Waals surface area contributed by atoms with Gasteiger partial charge in [0.25, 0.3) is 5.91 Å². The first-order chi connectivity index (χ1) is 13.4. The molecule has 0 saturated carbocycles. The molecule has 3 rings (SSSR count). The number of para-hydroxylation sites is 1. The Kier molecular flexibility index (Phi) is 5.87. The third kappa shape index (κ3) is 3.95. The molecule has 0 bridgehead atoms. The van der Waals surface area contributed by atoms with Gasteiger partial charge in [0.1, 0.15) is 6.04 Å². The number of amides is 1. The van der Waals surface area contributed by atoms with Gasteiger partial charge in [0.05, 0.1) is 11.4 Å². The van der Waals surface area contributed by atoms with Crippen LogP contribution in [-0.4, -0.2) is 41.9 Å². The van der Waals surface area contributed by atoms with E-state index in [0.717, 1.165) is 16.8 Å². The Morgan fingerprint density at radius 3 is 2.39 bits per heavy atom. The van der Waals surface area contributed by atoms with E-state index in [1.54, 1.807) is 25.8 Å². The van der Waals surface area contributed by atoms with Crippen molar-refractivity contribution in [1.82, 2.24) is 10.9 Å². The highest BCUT2D eigenvalue weighted by Crippen LogP contribution is 2.26. The van der Waals surface area contributed by atoms with Crippen LogP contribution < -0.4 is 15.8 Å². The lowest BCUT2D eigenvalue weighted by molar-refractivity contribution is -0.141. The van der Waals surface area contributed by atoms with E-state index >= 15 is 0 Å². The largest absolute Gasteiger partial charge is 0.480 e. The zero-order chi connectivity index (χ0) is 20.3. The van der Waals surface area contributed by atoms with Crippen molar-refractivity contribution in [3.8, 4) is 0 Å². The Labute approximate surface area is 164 Å². The predicted molar refractivity (Wildman–Crippen MR) is 108 cm³/mol. The molecule has 3 N–H and O–H groups in total. The van der Waals surface area contributed by atoms with E-state index in [2.05, 4.69) is 15.8 Å². The maximum atomic E-state index is 13.0. The number of aliphatic carboxylic acids is 1. The zero-order valence-corrected chi connectivity index (χ0v) is 16.1. The van der Waals surface area contributed by atoms with Crippen LogP contribution in [0.5, 0.6) is 0 Å². The lowest BCUT2D eigenvalue weighted by atomic mass is 10.0. The van der Waals surface area contributed by atoms with Gasteiger partial charge in [-0.1, -0.05) is 62.4 Å². The molecular weight excluding hydrogens is 356 g/mol. The summed E-state index contributed by atoms with van der Waals surface area (Å²) in [5.41, 5.74) is 8.73. The van der Waals surface area contributed by atoms with E-state index in [1.165, 1.54) is 0 Å². The topological polar surface area (TPSA) is 94.0 Å². The molecule has 2 atom stereocenters. The fraction of sp³-hybridized carbons (Fsp3) is 0.286. The van der Waals surface area contributed by atoms with Crippen molar-refractivity contribution >= 4 is 23.3 Å². The number of hydrogen-bond donors (Lipinski definition) is 3. The number of carboxylic acids is 1. The lowest BCUT2D eigenvalue weighted by Crippen LogP contribution is -2.55. The van der Waals surface area contributed by atoms with Gasteiger partial charge in [-0.05, 0) is 12.0 Å². The number of anilines is 1. The normalized spacial score (nSPS) is 17.7. The minimum atomic E-state index is -0.993. The lowest BCUT2D eigenvalue weighted by Gasteiger charge is -2.24. The molecule has 7 heteroatoms. The second-order valence-corrected chi connectivity index (χ2v) is 7.01. The van der Waals surface area contributed by atoms with E-state index in [9.17, 15) is 14.7 Å². The van der Waals surface area contributed by atoms with Crippen LogP contribution in [0, 0.1) is 5.92 Å². The first-order valence-electron chi connectivity index (χ1n) is 9.14. The molecule has 146 valence electrons. The van der Waals surface area contributed by atoms with Gasteiger partial charge >= 0.3 is 5.97 Å². The predicted octanol–water partition coefficient (Wildman–Crippen LogP) is 2.03. The number of nitrogens with zero attached hydrogens (tertiary/aromatic N) is 2. The molecule has 0 aromatic heterocycles. The number of rotatable bonds is 6. The first kappa shape index (κ1) is 19.7. The Morgan fingerprint density at radius 2 is 1.75 bits per heavy atom. The van der Waals surface area contributed by atoms with Gasteiger partial charge < -0.3 is 10.0 Å². The summed E-state index contributed by atoms with van der Waals surface area (Å²) in [4.78, 5) is 30.7. The van der Waals surface area contributed by atoms with Gasteiger partial charge in [-0.3, -0.25) is 14.6 Å². The SMILES string of the molecule is CC(C)[C@H](NNC1N=C(c2ccccc2)c2ccccc2N(C)C1=O)C(=O)O. The number of likely N-dealkylation sites (N-methyl/N-ethyl adjacent to an activating group) is 1. The molecular formula is C21H24N4O3. The van der Waals surface area contributed by atoms with Crippen molar-refractivity contribution < 1.29 is 14.7 Å². The monoisotopic (exact) mass is 380 g/mol. The molecule has 0 aliphatic carbocycles. The number of carboxylic acid groups (broad SMARTS) is 1. The van der Waals surface area contributed by atoms with Gasteiger partial charge in [0.2, 0.25) is 0 Å². The average Bonchev–Trinajstić information content (AvgIpc) is 2.79. The van der Waals surface area contributed by atoms with Crippen molar-refractivity contribution in [1.29, 1.82) is 0 Å². The number of carbonyl (C=O) groups excluding carboxylic acids is 1. The Balaban J connectivity index is 2.01. The number of aliphatic imine (C=N–C) groups is 1. The summed E-state index contributed by atoms with van der Waals surface area (Å²) in [6, 6.07) is 16.3. The van der Waals surface area contributed by atoms with Crippen molar-refractivity contribution in [2.45, 2.75) is 26.1 Å². The number of fused-ring (bicyclic) bond motifs is 1. The van der Waals surface area contributed by atoms with Crippen LogP contribution >= 0.6 is 0 Å². The maximum absolute atomic E-state index is 13.0. The van der Waals surface area contributed by atoms with E-state index in [1.807, 2.05) is 54.6 Å². The molecule has 0 fully saturated rings. The van der Waals surface area contributed by atoms with Gasteiger partial charge in [-0.25, -0.2) is 10.9 Å². The van der Waals surface area contributed by atoms with Crippen LogP contribution in [0.3, 0.4) is 0 Å². The molecule has 2 aromatic carbocycles. The second-order valence-electron chi connectivity index (χ2n) is 7.01. The fourth-order valence-corrected chi connectivity index (χ4v) is 3.12. The molecule has 1 aliphatic rings. The standard InChI is InChI=1S/C21H24N4O3/c1-13(2)17(21(27)28)23-24-19-20(26)25(3)16-12-8-7-11-15(16)18(22-19)14-9-5-4-6-10-14/h4-13,17,19,23-24H,1-3H3,(H,27,28)/t17-,19?/m0/s1. The van der Waals surface area contributed by atoms with Crippen LogP contribution in [0.15, 0.2) is 59.6 Å². The van der Waals surface area contributed by atoms with Crippen LogP contribution in [0.1, 0.15) is 25.0 Å². The summed E-state index contributed by atoms with van der Waals surface area (Å²) in [6.07, 6.45) is -0.965. The van der Waals surface area contributed by atoms with Crippen molar-refractivity contribution in [2.24, 2.45) is 10.9 Å². The maximum Gasteiger partial charge on any atom is 0.322 e. The third-order valence-corrected chi connectivity index (χ3v) is 4.70. The number of carbonyl (C=O) groups is 2. The summed E-state index contributed by atoms with van der Waals surface area (Å²) >= 11 is 0.